The molecule has 21 heavy (non-hydrogen) atoms. The summed E-state index contributed by atoms with van der Waals surface area (Å²) in [6, 6.07) is 10.7. The number of benzene rings is 2. The zero-order valence-electron chi connectivity index (χ0n) is 11.7. The van der Waals surface area contributed by atoms with E-state index in [0.29, 0.717) is 17.0 Å². The number of Topliss-reactive ketones (excluding diaryl/α,β-unsaturated/α-hetero) is 1. The van der Waals surface area contributed by atoms with Crippen molar-refractivity contribution in [2.24, 2.45) is 0 Å². The van der Waals surface area contributed by atoms with E-state index in [9.17, 15) is 9.18 Å². The number of carbonyl (C=O) groups excluding carboxylic acids is 1. The van der Waals surface area contributed by atoms with Gasteiger partial charge in [0, 0.05) is 23.4 Å². The molecule has 0 atom stereocenters. The Labute approximate surface area is 128 Å². The topological polar surface area (TPSA) is 17.1 Å². The van der Waals surface area contributed by atoms with Crippen molar-refractivity contribution in [3.63, 3.8) is 0 Å². The van der Waals surface area contributed by atoms with Gasteiger partial charge in [0.25, 0.3) is 0 Å². The number of ketones is 1. The highest BCUT2D eigenvalue weighted by atomic mass is 35.5. The fourth-order valence-electron chi connectivity index (χ4n) is 2.92. The van der Waals surface area contributed by atoms with Gasteiger partial charge >= 0.3 is 0 Å². The van der Waals surface area contributed by atoms with E-state index in [4.69, 9.17) is 11.6 Å². The number of fused-ring (bicyclic) bond motifs is 1. The summed E-state index contributed by atoms with van der Waals surface area (Å²) in [6.45, 7) is 0. The predicted octanol–water partition coefficient (Wildman–Crippen LogP) is 4.32. The van der Waals surface area contributed by atoms with Gasteiger partial charge in [-0.05, 0) is 48.1 Å². The lowest BCUT2D eigenvalue weighted by molar-refractivity contribution is -0.117. The minimum absolute atomic E-state index is 0.0139. The van der Waals surface area contributed by atoms with Crippen LogP contribution in [0.3, 0.4) is 0 Å². The van der Waals surface area contributed by atoms with E-state index >= 15 is 0 Å². The maximum absolute atomic E-state index is 13.7. The van der Waals surface area contributed by atoms with Crippen LogP contribution in [0.2, 0.25) is 5.02 Å². The van der Waals surface area contributed by atoms with E-state index in [2.05, 4.69) is 12.1 Å². The van der Waals surface area contributed by atoms with Gasteiger partial charge < -0.3 is 0 Å². The number of rotatable bonds is 4. The quantitative estimate of drug-likeness (QED) is 0.822. The second kappa shape index (κ2) is 5.98. The molecule has 1 aliphatic rings. The molecule has 1 nitrogen and oxygen atoms in total. The Balaban J connectivity index is 1.72. The molecule has 0 heterocycles. The molecule has 0 amide bonds. The second-order valence-electron chi connectivity index (χ2n) is 5.55. The van der Waals surface area contributed by atoms with Gasteiger partial charge in [-0.2, -0.15) is 0 Å². The van der Waals surface area contributed by atoms with Gasteiger partial charge in [0.05, 0.1) is 0 Å². The molecule has 1 aliphatic carbocycles. The van der Waals surface area contributed by atoms with Crippen LogP contribution in [0.15, 0.2) is 36.4 Å². The fourth-order valence-corrected chi connectivity index (χ4v) is 3.15. The molecule has 3 rings (SSSR count). The smallest absolute Gasteiger partial charge is 0.141 e. The maximum Gasteiger partial charge on any atom is 0.141 e. The van der Waals surface area contributed by atoms with E-state index < -0.39 is 5.82 Å². The average molecular weight is 303 g/mol. The van der Waals surface area contributed by atoms with Crippen LogP contribution in [0.1, 0.15) is 28.7 Å². The van der Waals surface area contributed by atoms with Crippen molar-refractivity contribution >= 4 is 17.4 Å². The summed E-state index contributed by atoms with van der Waals surface area (Å²) in [6.07, 6.45) is 3.79. The highest BCUT2D eigenvalue weighted by Gasteiger charge is 2.15. The first-order valence-corrected chi connectivity index (χ1v) is 7.56. The molecular weight excluding hydrogens is 287 g/mol. The lowest BCUT2D eigenvalue weighted by atomic mass is 9.99. The van der Waals surface area contributed by atoms with Gasteiger partial charge in [0.15, 0.2) is 0 Å². The Kier molecular flexibility index (Phi) is 4.07. The van der Waals surface area contributed by atoms with Gasteiger partial charge in [-0.15, -0.1) is 0 Å². The first kappa shape index (κ1) is 14.3. The normalized spacial score (nSPS) is 13.2. The largest absolute Gasteiger partial charge is 0.299 e. The van der Waals surface area contributed by atoms with Crippen LogP contribution >= 0.6 is 11.6 Å². The molecule has 0 radical (unpaired) electrons. The lowest BCUT2D eigenvalue weighted by Crippen LogP contribution is -2.08. The van der Waals surface area contributed by atoms with Crippen LogP contribution in [-0.4, -0.2) is 5.78 Å². The van der Waals surface area contributed by atoms with Crippen molar-refractivity contribution in [3.8, 4) is 0 Å². The van der Waals surface area contributed by atoms with Gasteiger partial charge in [-0.25, -0.2) is 4.39 Å². The minimum atomic E-state index is -0.412. The summed E-state index contributed by atoms with van der Waals surface area (Å²) in [4.78, 5) is 12.2. The van der Waals surface area contributed by atoms with Crippen LogP contribution in [0.5, 0.6) is 0 Å². The molecular formula is C18H16ClFO. The standard InChI is InChI=1S/C18H16ClFO/c19-17-5-2-6-18(20)16(17)11-15(21)10-12-7-8-13-3-1-4-14(13)9-12/h2,5-9H,1,3-4,10-11H2. The van der Waals surface area contributed by atoms with Crippen molar-refractivity contribution in [1.29, 1.82) is 0 Å². The zero-order valence-corrected chi connectivity index (χ0v) is 12.4. The number of halogens is 2. The first-order valence-electron chi connectivity index (χ1n) is 7.19. The summed E-state index contributed by atoms with van der Waals surface area (Å²) in [5.41, 5.74) is 4.05. The highest BCUT2D eigenvalue weighted by Crippen LogP contribution is 2.24. The van der Waals surface area contributed by atoms with Gasteiger partial charge in [0.1, 0.15) is 11.6 Å². The number of carbonyl (C=O) groups is 1. The summed E-state index contributed by atoms with van der Waals surface area (Å²) in [5, 5.41) is 0.317. The minimum Gasteiger partial charge on any atom is -0.299 e. The summed E-state index contributed by atoms with van der Waals surface area (Å²) in [5.74, 6) is -0.426. The SMILES string of the molecule is O=C(Cc1ccc2c(c1)CCC2)Cc1c(F)cccc1Cl. The third-order valence-electron chi connectivity index (χ3n) is 4.00. The van der Waals surface area contributed by atoms with Crippen LogP contribution in [0.4, 0.5) is 4.39 Å². The van der Waals surface area contributed by atoms with Gasteiger partial charge in [-0.3, -0.25) is 4.79 Å². The van der Waals surface area contributed by atoms with Crippen molar-refractivity contribution in [1.82, 2.24) is 0 Å². The van der Waals surface area contributed by atoms with E-state index in [-0.39, 0.29) is 12.2 Å². The zero-order chi connectivity index (χ0) is 14.8. The Morgan fingerprint density at radius 3 is 2.71 bits per heavy atom. The maximum atomic E-state index is 13.7. The van der Waals surface area contributed by atoms with E-state index in [0.717, 1.165) is 18.4 Å². The van der Waals surface area contributed by atoms with E-state index in [1.807, 2.05) is 6.07 Å². The van der Waals surface area contributed by atoms with E-state index in [1.54, 1.807) is 12.1 Å². The lowest BCUT2D eigenvalue weighted by Gasteiger charge is -2.07. The van der Waals surface area contributed by atoms with Crippen molar-refractivity contribution in [3.05, 3.63) is 69.5 Å². The molecule has 0 saturated heterocycles. The number of hydrogen-bond acceptors (Lipinski definition) is 1. The predicted molar refractivity (Wildman–Crippen MR) is 82.3 cm³/mol. The Bertz CT molecular complexity index is 673. The molecule has 0 fully saturated rings. The van der Waals surface area contributed by atoms with Gasteiger partial charge in [0.2, 0.25) is 0 Å². The Morgan fingerprint density at radius 1 is 1.10 bits per heavy atom. The molecule has 3 heteroatoms. The van der Waals surface area contributed by atoms with E-state index in [1.165, 1.54) is 23.6 Å². The Morgan fingerprint density at radius 2 is 1.90 bits per heavy atom. The molecule has 2 aromatic carbocycles. The molecule has 108 valence electrons. The first-order chi connectivity index (χ1) is 10.1. The molecule has 0 unspecified atom stereocenters. The summed E-state index contributed by atoms with van der Waals surface area (Å²) < 4.78 is 13.7. The van der Waals surface area contributed by atoms with Crippen LogP contribution in [0, 0.1) is 5.82 Å². The summed E-state index contributed by atoms with van der Waals surface area (Å²) in [7, 11) is 0. The molecule has 0 spiro atoms. The second-order valence-corrected chi connectivity index (χ2v) is 5.96. The van der Waals surface area contributed by atoms with Crippen molar-refractivity contribution in [2.45, 2.75) is 32.1 Å². The highest BCUT2D eigenvalue weighted by molar-refractivity contribution is 6.31. The van der Waals surface area contributed by atoms with Gasteiger partial charge in [-0.1, -0.05) is 35.9 Å². The molecule has 0 aromatic heterocycles. The third kappa shape index (κ3) is 3.16. The fraction of sp³-hybridized carbons (Fsp3) is 0.278. The molecule has 0 saturated carbocycles. The molecule has 0 bridgehead atoms. The average Bonchev–Trinajstić information content (AvgIpc) is 2.90. The van der Waals surface area contributed by atoms with Crippen LogP contribution < -0.4 is 0 Å². The Hall–Kier alpha value is -1.67. The van der Waals surface area contributed by atoms with Crippen LogP contribution in [0.25, 0.3) is 0 Å². The number of aryl methyl sites for hydroxylation is 2. The van der Waals surface area contributed by atoms with Crippen LogP contribution in [-0.2, 0) is 30.5 Å². The number of hydrogen-bond donors (Lipinski definition) is 0. The third-order valence-corrected chi connectivity index (χ3v) is 4.35. The monoisotopic (exact) mass is 302 g/mol. The molecule has 0 aliphatic heterocycles. The van der Waals surface area contributed by atoms with Crippen molar-refractivity contribution < 1.29 is 9.18 Å². The summed E-state index contributed by atoms with van der Waals surface area (Å²) >= 11 is 5.96. The molecule has 0 N–H and O–H groups in total. The molecule has 2 aromatic rings. The van der Waals surface area contributed by atoms with Crippen molar-refractivity contribution in [2.75, 3.05) is 0 Å².